The Morgan fingerprint density at radius 1 is 1.62 bits per heavy atom. The smallest absolute Gasteiger partial charge is 0.321 e. The van der Waals surface area contributed by atoms with Crippen LogP contribution in [0.3, 0.4) is 0 Å². The number of nitrogens with zero attached hydrogens (tertiary/aromatic N) is 2. The minimum Gasteiger partial charge on any atom is -0.336 e. The zero-order valence-corrected chi connectivity index (χ0v) is 7.71. The Bertz CT molecular complexity index is 292. The van der Waals surface area contributed by atoms with E-state index in [1.54, 1.807) is 6.92 Å². The maximum atomic E-state index is 6.01. The molecular formula is C8H14N4O. The van der Waals surface area contributed by atoms with Gasteiger partial charge in [-0.25, -0.2) is 0 Å². The highest BCUT2D eigenvalue weighted by molar-refractivity contribution is 5.20. The largest absolute Gasteiger partial charge is 0.336 e. The van der Waals surface area contributed by atoms with Gasteiger partial charge in [-0.3, -0.25) is 0 Å². The van der Waals surface area contributed by atoms with E-state index in [4.69, 9.17) is 10.3 Å². The summed E-state index contributed by atoms with van der Waals surface area (Å²) >= 11 is 0. The molecule has 1 aromatic heterocycles. The molecule has 0 unspecified atom stereocenters. The van der Waals surface area contributed by atoms with E-state index in [1.807, 2.05) is 0 Å². The van der Waals surface area contributed by atoms with Gasteiger partial charge in [-0.05, 0) is 26.2 Å². The standard InChI is InChI=1S/C8H14N4O/c1-6-11-7(13-12-6)10-5-8(9)3-2-4-8/h2-5,9H2,1H3,(H,10,11,12). The van der Waals surface area contributed by atoms with Crippen LogP contribution in [0.2, 0.25) is 0 Å². The number of aromatic nitrogens is 2. The van der Waals surface area contributed by atoms with E-state index in [0.717, 1.165) is 12.8 Å². The molecule has 0 bridgehead atoms. The van der Waals surface area contributed by atoms with Crippen LogP contribution in [-0.2, 0) is 0 Å². The van der Waals surface area contributed by atoms with Gasteiger partial charge in [0.05, 0.1) is 0 Å². The van der Waals surface area contributed by atoms with Crippen molar-refractivity contribution >= 4 is 6.01 Å². The molecule has 1 aromatic rings. The van der Waals surface area contributed by atoms with E-state index in [9.17, 15) is 0 Å². The molecule has 0 amide bonds. The lowest BCUT2D eigenvalue weighted by Crippen LogP contribution is -2.52. The van der Waals surface area contributed by atoms with E-state index >= 15 is 0 Å². The third kappa shape index (κ3) is 1.80. The third-order valence-corrected chi connectivity index (χ3v) is 2.47. The predicted octanol–water partition coefficient (Wildman–Crippen LogP) is 0.671. The van der Waals surface area contributed by atoms with Gasteiger partial charge >= 0.3 is 6.01 Å². The van der Waals surface area contributed by atoms with Crippen molar-refractivity contribution in [1.29, 1.82) is 0 Å². The number of hydrogen-bond acceptors (Lipinski definition) is 5. The van der Waals surface area contributed by atoms with E-state index in [2.05, 4.69) is 15.5 Å². The first kappa shape index (κ1) is 8.50. The number of aryl methyl sites for hydroxylation is 1. The highest BCUT2D eigenvalue weighted by Crippen LogP contribution is 2.28. The average molecular weight is 182 g/mol. The minimum atomic E-state index is -0.0532. The van der Waals surface area contributed by atoms with Crippen LogP contribution in [-0.4, -0.2) is 22.2 Å². The summed E-state index contributed by atoms with van der Waals surface area (Å²) in [7, 11) is 0. The first-order chi connectivity index (χ1) is 6.18. The van der Waals surface area contributed by atoms with E-state index in [-0.39, 0.29) is 5.54 Å². The quantitative estimate of drug-likeness (QED) is 0.718. The number of anilines is 1. The van der Waals surface area contributed by atoms with Crippen molar-refractivity contribution in [1.82, 2.24) is 10.1 Å². The van der Waals surface area contributed by atoms with Gasteiger partial charge in [0, 0.05) is 12.1 Å². The SMILES string of the molecule is Cc1noc(NCC2(N)CCC2)n1. The Hall–Kier alpha value is -1.10. The lowest BCUT2D eigenvalue weighted by atomic mass is 9.78. The fraction of sp³-hybridized carbons (Fsp3) is 0.750. The van der Waals surface area contributed by atoms with Crippen LogP contribution in [0.1, 0.15) is 25.1 Å². The Labute approximate surface area is 76.7 Å². The molecule has 1 heterocycles. The van der Waals surface area contributed by atoms with Crippen molar-refractivity contribution in [2.24, 2.45) is 5.73 Å². The molecule has 2 rings (SSSR count). The molecule has 0 aliphatic heterocycles. The van der Waals surface area contributed by atoms with Crippen LogP contribution in [0.25, 0.3) is 0 Å². The van der Waals surface area contributed by atoms with Crippen LogP contribution < -0.4 is 11.1 Å². The molecule has 0 aromatic carbocycles. The van der Waals surface area contributed by atoms with Gasteiger partial charge in [0.2, 0.25) is 0 Å². The second kappa shape index (κ2) is 2.99. The molecule has 0 saturated heterocycles. The first-order valence-corrected chi connectivity index (χ1v) is 4.51. The zero-order valence-electron chi connectivity index (χ0n) is 7.71. The van der Waals surface area contributed by atoms with Crippen molar-refractivity contribution in [3.05, 3.63) is 5.82 Å². The van der Waals surface area contributed by atoms with Crippen molar-refractivity contribution in [3.63, 3.8) is 0 Å². The summed E-state index contributed by atoms with van der Waals surface area (Å²) in [6, 6.07) is 0.467. The van der Waals surface area contributed by atoms with Crippen LogP contribution in [0, 0.1) is 6.92 Å². The fourth-order valence-corrected chi connectivity index (χ4v) is 1.43. The summed E-state index contributed by atoms with van der Waals surface area (Å²) in [6.45, 7) is 2.50. The summed E-state index contributed by atoms with van der Waals surface area (Å²) < 4.78 is 4.90. The maximum absolute atomic E-state index is 6.01. The van der Waals surface area contributed by atoms with Gasteiger partial charge in [-0.15, -0.1) is 0 Å². The van der Waals surface area contributed by atoms with Crippen molar-refractivity contribution in [2.45, 2.75) is 31.7 Å². The summed E-state index contributed by atoms with van der Waals surface area (Å²) in [5.41, 5.74) is 5.95. The molecule has 5 heteroatoms. The monoisotopic (exact) mass is 182 g/mol. The van der Waals surface area contributed by atoms with Gasteiger partial charge in [0.25, 0.3) is 0 Å². The van der Waals surface area contributed by atoms with Gasteiger partial charge in [0.15, 0.2) is 5.82 Å². The number of nitrogens with two attached hydrogens (primary N) is 1. The van der Waals surface area contributed by atoms with Gasteiger partial charge < -0.3 is 15.6 Å². The van der Waals surface area contributed by atoms with Gasteiger partial charge in [-0.2, -0.15) is 4.98 Å². The molecule has 0 atom stereocenters. The molecule has 13 heavy (non-hydrogen) atoms. The van der Waals surface area contributed by atoms with Crippen LogP contribution in [0.5, 0.6) is 0 Å². The summed E-state index contributed by atoms with van der Waals surface area (Å²) in [5.74, 6) is 0.641. The van der Waals surface area contributed by atoms with Crippen molar-refractivity contribution in [3.8, 4) is 0 Å². The first-order valence-electron chi connectivity index (χ1n) is 4.51. The summed E-state index contributed by atoms with van der Waals surface area (Å²) in [4.78, 5) is 4.03. The highest BCUT2D eigenvalue weighted by Gasteiger charge is 2.32. The highest BCUT2D eigenvalue weighted by atomic mass is 16.5. The van der Waals surface area contributed by atoms with Crippen LogP contribution in [0.4, 0.5) is 6.01 Å². The third-order valence-electron chi connectivity index (χ3n) is 2.47. The molecule has 1 aliphatic carbocycles. The molecule has 1 fully saturated rings. The van der Waals surface area contributed by atoms with Crippen LogP contribution in [0.15, 0.2) is 4.52 Å². The summed E-state index contributed by atoms with van der Waals surface area (Å²) in [6.07, 6.45) is 3.38. The second-order valence-corrected chi connectivity index (χ2v) is 3.72. The molecule has 3 N–H and O–H groups in total. The number of hydrogen-bond donors (Lipinski definition) is 2. The minimum absolute atomic E-state index is 0.0532. The number of rotatable bonds is 3. The topological polar surface area (TPSA) is 77.0 Å². The van der Waals surface area contributed by atoms with Gasteiger partial charge in [-0.1, -0.05) is 5.16 Å². The van der Waals surface area contributed by atoms with Crippen molar-refractivity contribution < 1.29 is 4.52 Å². The molecule has 0 spiro atoms. The Morgan fingerprint density at radius 3 is 2.85 bits per heavy atom. The lowest BCUT2D eigenvalue weighted by Gasteiger charge is -2.37. The van der Waals surface area contributed by atoms with Crippen molar-refractivity contribution in [2.75, 3.05) is 11.9 Å². The molecule has 1 saturated carbocycles. The zero-order chi connectivity index (χ0) is 9.31. The molecule has 5 nitrogen and oxygen atoms in total. The Balaban J connectivity index is 1.85. The normalized spacial score (nSPS) is 19.5. The molecule has 0 radical (unpaired) electrons. The predicted molar refractivity (Wildman–Crippen MR) is 48.3 cm³/mol. The van der Waals surface area contributed by atoms with Crippen LogP contribution >= 0.6 is 0 Å². The Kier molecular flexibility index (Phi) is 1.95. The van der Waals surface area contributed by atoms with E-state index < -0.39 is 0 Å². The average Bonchev–Trinajstić information content (AvgIpc) is 2.44. The van der Waals surface area contributed by atoms with E-state index in [1.165, 1.54) is 6.42 Å². The maximum Gasteiger partial charge on any atom is 0.321 e. The second-order valence-electron chi connectivity index (χ2n) is 3.72. The van der Waals surface area contributed by atoms with E-state index in [0.29, 0.717) is 18.4 Å². The molecular weight excluding hydrogens is 168 g/mol. The fourth-order valence-electron chi connectivity index (χ4n) is 1.43. The summed E-state index contributed by atoms with van der Waals surface area (Å²) in [5, 5.41) is 6.71. The Morgan fingerprint density at radius 2 is 2.38 bits per heavy atom. The molecule has 72 valence electrons. The lowest BCUT2D eigenvalue weighted by molar-refractivity contribution is 0.262. The van der Waals surface area contributed by atoms with Gasteiger partial charge in [0.1, 0.15) is 0 Å². The molecule has 1 aliphatic rings. The number of nitrogens with one attached hydrogen (secondary N) is 1.